The van der Waals surface area contributed by atoms with Gasteiger partial charge in [0.2, 0.25) is 10.0 Å². The zero-order valence-corrected chi connectivity index (χ0v) is 25.8. The second-order valence-electron chi connectivity index (χ2n) is 12.6. The van der Waals surface area contributed by atoms with Crippen molar-refractivity contribution in [3.05, 3.63) is 82.8 Å². The van der Waals surface area contributed by atoms with Crippen molar-refractivity contribution in [1.29, 1.82) is 5.26 Å². The Morgan fingerprint density at radius 1 is 1.00 bits per heavy atom. The summed E-state index contributed by atoms with van der Waals surface area (Å²) in [6.07, 6.45) is 2.48. The minimum Gasteiger partial charge on any atom is -0.466 e. The highest BCUT2D eigenvalue weighted by atomic mass is 32.2. The molecule has 2 bridgehead atoms. The summed E-state index contributed by atoms with van der Waals surface area (Å²) < 4.78 is 40.0. The highest BCUT2D eigenvalue weighted by molar-refractivity contribution is 7.89. The molecule has 1 aliphatic carbocycles. The van der Waals surface area contributed by atoms with Crippen LogP contribution in [0.5, 0.6) is 0 Å². The average molecular weight is 605 g/mol. The number of hydrogen-bond acceptors (Lipinski definition) is 9. The Morgan fingerprint density at radius 2 is 1.67 bits per heavy atom. The number of esters is 2. The number of fused-ring (bicyclic) bond motifs is 2. The monoisotopic (exact) mass is 604 g/mol. The Kier molecular flexibility index (Phi) is 7.65. The summed E-state index contributed by atoms with van der Waals surface area (Å²) in [7, 11) is -1.62. The summed E-state index contributed by atoms with van der Waals surface area (Å²) in [5.41, 5.74) is 6.80. The van der Waals surface area contributed by atoms with Crippen molar-refractivity contribution in [3.63, 3.8) is 0 Å². The first-order valence-corrected chi connectivity index (χ1v) is 15.5. The van der Waals surface area contributed by atoms with Crippen molar-refractivity contribution in [2.45, 2.75) is 56.9 Å². The number of nitrogens with two attached hydrogens (primary N) is 1. The van der Waals surface area contributed by atoms with Crippen LogP contribution in [0.1, 0.15) is 51.5 Å². The molecule has 2 fully saturated rings. The molecule has 0 amide bonds. The van der Waals surface area contributed by atoms with Crippen LogP contribution in [0.25, 0.3) is 0 Å². The van der Waals surface area contributed by atoms with Gasteiger partial charge in [-0.2, -0.15) is 9.57 Å². The molecule has 3 atom stereocenters. The maximum Gasteiger partial charge on any atom is 0.355 e. The maximum atomic E-state index is 14.1. The van der Waals surface area contributed by atoms with Crippen LogP contribution in [-0.4, -0.2) is 51.5 Å². The summed E-state index contributed by atoms with van der Waals surface area (Å²) in [6, 6.07) is 16.7. The van der Waals surface area contributed by atoms with Crippen molar-refractivity contribution in [1.82, 2.24) is 4.31 Å². The number of carbonyl (C=O) groups excluding carboxylic acids is 2. The van der Waals surface area contributed by atoms with Gasteiger partial charge in [-0.3, -0.25) is 4.90 Å². The third-order valence-electron chi connectivity index (χ3n) is 8.66. The molecule has 1 saturated heterocycles. The topological polar surface area (TPSA) is 143 Å². The van der Waals surface area contributed by atoms with E-state index in [4.69, 9.17) is 15.2 Å². The van der Waals surface area contributed by atoms with Gasteiger partial charge in [0.05, 0.1) is 42.2 Å². The molecule has 10 nitrogen and oxygen atoms in total. The molecule has 226 valence electrons. The number of anilines is 1. The standard InChI is InChI=1S/C32H36N4O6S/c1-31(2)15-22-16-32(3,18-31)19-35(22)43(39,40)23-13-9-12-21(14-23)36-27(30(38)42-5)26(29(37)41-4)25(24(17-33)28(36)34)20-10-7-6-8-11-20/h6-14,22,25H,15-16,18-19,34H2,1-5H3. The number of allylic oxidation sites excluding steroid dienone is 1. The third-order valence-corrected chi connectivity index (χ3v) is 10.6. The summed E-state index contributed by atoms with van der Waals surface area (Å²) >= 11 is 0. The zero-order valence-electron chi connectivity index (χ0n) is 25.0. The smallest absolute Gasteiger partial charge is 0.355 e. The second kappa shape index (κ2) is 10.8. The highest BCUT2D eigenvalue weighted by Crippen LogP contribution is 2.54. The van der Waals surface area contributed by atoms with Crippen LogP contribution in [0.15, 0.2) is 82.2 Å². The molecule has 11 heteroatoms. The van der Waals surface area contributed by atoms with Gasteiger partial charge in [-0.05, 0) is 53.9 Å². The van der Waals surface area contributed by atoms with Crippen molar-refractivity contribution >= 4 is 27.6 Å². The van der Waals surface area contributed by atoms with Gasteiger partial charge in [0, 0.05) is 18.3 Å². The van der Waals surface area contributed by atoms with E-state index in [0.717, 1.165) is 26.4 Å². The van der Waals surface area contributed by atoms with E-state index in [1.807, 2.05) is 0 Å². The van der Waals surface area contributed by atoms with Gasteiger partial charge >= 0.3 is 11.9 Å². The molecule has 3 aliphatic rings. The van der Waals surface area contributed by atoms with E-state index in [9.17, 15) is 23.3 Å². The van der Waals surface area contributed by atoms with Gasteiger partial charge in [0.25, 0.3) is 0 Å². The van der Waals surface area contributed by atoms with Gasteiger partial charge in [-0.1, -0.05) is 57.2 Å². The van der Waals surface area contributed by atoms with Crippen LogP contribution >= 0.6 is 0 Å². The lowest BCUT2D eigenvalue weighted by Gasteiger charge is -2.39. The number of rotatable bonds is 6. The van der Waals surface area contributed by atoms with E-state index in [1.54, 1.807) is 46.8 Å². The van der Waals surface area contributed by atoms with Crippen LogP contribution in [0, 0.1) is 22.2 Å². The number of nitrogens with zero attached hydrogens (tertiary/aromatic N) is 3. The molecule has 3 unspecified atom stereocenters. The third kappa shape index (κ3) is 5.19. The second-order valence-corrected chi connectivity index (χ2v) is 14.5. The van der Waals surface area contributed by atoms with Crippen LogP contribution < -0.4 is 10.6 Å². The van der Waals surface area contributed by atoms with E-state index in [2.05, 4.69) is 26.8 Å². The number of sulfonamides is 1. The summed E-state index contributed by atoms with van der Waals surface area (Å²) in [5.74, 6) is -2.92. The van der Waals surface area contributed by atoms with Gasteiger partial charge in [0.15, 0.2) is 0 Å². The SMILES string of the molecule is COC(=O)C1=C(C(=O)OC)N(c2cccc(S(=O)(=O)N3CC4(C)CC3CC(C)(C)C4)c2)C(N)=C(C#N)C1c1ccccc1. The van der Waals surface area contributed by atoms with Gasteiger partial charge in [-0.15, -0.1) is 0 Å². The lowest BCUT2D eigenvalue weighted by atomic mass is 9.65. The Balaban J connectivity index is 1.68. The molecular weight excluding hydrogens is 568 g/mol. The predicted octanol–water partition coefficient (Wildman–Crippen LogP) is 4.17. The Morgan fingerprint density at radius 3 is 2.30 bits per heavy atom. The zero-order chi connectivity index (χ0) is 31.3. The van der Waals surface area contributed by atoms with Crippen molar-refractivity contribution in [2.24, 2.45) is 16.6 Å². The van der Waals surface area contributed by atoms with Crippen LogP contribution in [-0.2, 0) is 29.1 Å². The first-order chi connectivity index (χ1) is 20.3. The molecule has 5 rings (SSSR count). The Bertz CT molecular complexity index is 1690. The quantitative estimate of drug-likeness (QED) is 0.481. The summed E-state index contributed by atoms with van der Waals surface area (Å²) in [4.78, 5) is 27.9. The molecule has 2 aromatic carbocycles. The van der Waals surface area contributed by atoms with Crippen LogP contribution in [0.3, 0.4) is 0 Å². The number of nitriles is 1. The average Bonchev–Trinajstić information content (AvgIpc) is 3.24. The first-order valence-electron chi connectivity index (χ1n) is 14.0. The van der Waals surface area contributed by atoms with Gasteiger partial charge in [-0.25, -0.2) is 18.0 Å². The number of carbonyl (C=O) groups is 2. The fraction of sp³-hybridized carbons (Fsp3) is 0.406. The lowest BCUT2D eigenvalue weighted by Crippen LogP contribution is -2.41. The Hall–Kier alpha value is -4.14. The summed E-state index contributed by atoms with van der Waals surface area (Å²) in [5, 5.41) is 10.3. The lowest BCUT2D eigenvalue weighted by molar-refractivity contribution is -0.139. The van der Waals surface area contributed by atoms with Crippen LogP contribution in [0.2, 0.25) is 0 Å². The molecule has 0 aromatic heterocycles. The minimum absolute atomic E-state index is 0.00369. The molecule has 2 N–H and O–H groups in total. The van der Waals surface area contributed by atoms with Crippen LogP contribution in [0.4, 0.5) is 5.69 Å². The number of methoxy groups -OCH3 is 2. The highest BCUT2D eigenvalue weighted by Gasteiger charge is 2.53. The predicted molar refractivity (Wildman–Crippen MR) is 159 cm³/mol. The largest absolute Gasteiger partial charge is 0.466 e. The van der Waals surface area contributed by atoms with E-state index in [0.29, 0.717) is 12.1 Å². The molecule has 2 heterocycles. The fourth-order valence-electron chi connectivity index (χ4n) is 7.39. The van der Waals surface area contributed by atoms with Gasteiger partial charge < -0.3 is 15.2 Å². The van der Waals surface area contributed by atoms with E-state index in [-0.39, 0.29) is 50.1 Å². The van der Waals surface area contributed by atoms with Gasteiger partial charge in [0.1, 0.15) is 11.5 Å². The minimum atomic E-state index is -3.95. The van der Waals surface area contributed by atoms with E-state index < -0.39 is 27.9 Å². The fourth-order valence-corrected chi connectivity index (χ4v) is 9.20. The van der Waals surface area contributed by atoms with E-state index >= 15 is 0 Å². The van der Waals surface area contributed by atoms with Crippen molar-refractivity contribution in [3.8, 4) is 6.07 Å². The number of ether oxygens (including phenoxy) is 2. The molecule has 0 spiro atoms. The van der Waals surface area contributed by atoms with Crippen molar-refractivity contribution in [2.75, 3.05) is 25.7 Å². The molecule has 2 aliphatic heterocycles. The number of hydrogen-bond donors (Lipinski definition) is 1. The van der Waals surface area contributed by atoms with Crippen molar-refractivity contribution < 1.29 is 27.5 Å². The molecule has 2 aromatic rings. The van der Waals surface area contributed by atoms with E-state index in [1.165, 1.54) is 24.1 Å². The molecule has 1 saturated carbocycles. The maximum absolute atomic E-state index is 14.1. The normalized spacial score (nSPS) is 25.3. The molecular formula is C32H36N4O6S. The molecule has 0 radical (unpaired) electrons. The Labute approximate surface area is 252 Å². The first kappa shape index (κ1) is 30.3. The molecule has 43 heavy (non-hydrogen) atoms. The summed E-state index contributed by atoms with van der Waals surface area (Å²) in [6.45, 7) is 6.90. The number of benzene rings is 2.